The average molecular weight is 285 g/mol. The highest BCUT2D eigenvalue weighted by atomic mass is 15.3. The van der Waals surface area contributed by atoms with E-state index in [-0.39, 0.29) is 0 Å². The van der Waals surface area contributed by atoms with Gasteiger partial charge in [0.15, 0.2) is 0 Å². The van der Waals surface area contributed by atoms with Crippen molar-refractivity contribution in [2.75, 3.05) is 19.6 Å². The Morgan fingerprint density at radius 1 is 1.14 bits per heavy atom. The van der Waals surface area contributed by atoms with Crippen LogP contribution in [-0.4, -0.2) is 47.6 Å². The summed E-state index contributed by atoms with van der Waals surface area (Å²) in [5.41, 5.74) is 7.65. The molecule has 2 bridgehead atoms. The van der Waals surface area contributed by atoms with Crippen molar-refractivity contribution in [1.82, 2.24) is 9.80 Å². The average Bonchev–Trinajstić information content (AvgIpc) is 2.89. The monoisotopic (exact) mass is 285 g/mol. The molecule has 0 amide bonds. The molecule has 4 unspecified atom stereocenters. The predicted molar refractivity (Wildman–Crippen MR) is 85.9 cm³/mol. The maximum absolute atomic E-state index is 6.22. The van der Waals surface area contributed by atoms with E-state index < -0.39 is 0 Å². The summed E-state index contributed by atoms with van der Waals surface area (Å²) >= 11 is 0. The standard InChI is InChI=1S/C18H27N3/c1-13-17(21-11-15-9-16(12-21)18(15)19)7-8-20(13)10-14-5-3-2-4-6-14/h2-6,13,15-18H,7-12,19H2,1H3. The van der Waals surface area contributed by atoms with E-state index in [2.05, 4.69) is 47.1 Å². The van der Waals surface area contributed by atoms with Crippen LogP contribution < -0.4 is 5.73 Å². The van der Waals surface area contributed by atoms with Gasteiger partial charge in [0.05, 0.1) is 0 Å². The third-order valence-electron chi connectivity index (χ3n) is 6.17. The van der Waals surface area contributed by atoms with Gasteiger partial charge in [-0.2, -0.15) is 0 Å². The van der Waals surface area contributed by atoms with Crippen molar-refractivity contribution in [3.8, 4) is 0 Å². The van der Waals surface area contributed by atoms with Crippen LogP contribution in [0.2, 0.25) is 0 Å². The molecule has 3 nitrogen and oxygen atoms in total. The Labute approximate surface area is 128 Å². The van der Waals surface area contributed by atoms with Gasteiger partial charge in [-0.1, -0.05) is 30.3 Å². The van der Waals surface area contributed by atoms with E-state index in [9.17, 15) is 0 Å². The van der Waals surface area contributed by atoms with E-state index in [1.165, 1.54) is 38.0 Å². The number of rotatable bonds is 3. The van der Waals surface area contributed by atoms with Gasteiger partial charge < -0.3 is 5.73 Å². The van der Waals surface area contributed by atoms with Crippen molar-refractivity contribution in [2.24, 2.45) is 17.6 Å². The number of nitrogens with two attached hydrogens (primary N) is 1. The minimum atomic E-state index is 0.499. The summed E-state index contributed by atoms with van der Waals surface area (Å²) in [5, 5.41) is 0. The van der Waals surface area contributed by atoms with Crippen LogP contribution in [0.25, 0.3) is 0 Å². The van der Waals surface area contributed by atoms with Crippen molar-refractivity contribution in [3.05, 3.63) is 35.9 Å². The molecule has 0 radical (unpaired) electrons. The van der Waals surface area contributed by atoms with Gasteiger partial charge in [-0.3, -0.25) is 9.80 Å². The lowest BCUT2D eigenvalue weighted by molar-refractivity contribution is -0.0256. The summed E-state index contributed by atoms with van der Waals surface area (Å²) in [5.74, 6) is 1.55. The van der Waals surface area contributed by atoms with Gasteiger partial charge in [-0.05, 0) is 37.2 Å². The van der Waals surface area contributed by atoms with Crippen molar-refractivity contribution in [1.29, 1.82) is 0 Å². The molecule has 0 spiro atoms. The lowest BCUT2D eigenvalue weighted by Crippen LogP contribution is -2.64. The van der Waals surface area contributed by atoms with Crippen LogP contribution in [0, 0.1) is 11.8 Å². The number of benzene rings is 1. The molecule has 3 heterocycles. The Balaban J connectivity index is 1.39. The number of hydrogen-bond acceptors (Lipinski definition) is 3. The summed E-state index contributed by atoms with van der Waals surface area (Å²) in [6.45, 7) is 7.23. The molecule has 0 aromatic heterocycles. The molecule has 1 saturated carbocycles. The lowest BCUT2D eigenvalue weighted by atomic mass is 9.66. The predicted octanol–water partition coefficient (Wildman–Crippen LogP) is 1.93. The van der Waals surface area contributed by atoms with Crippen LogP contribution >= 0.6 is 0 Å². The van der Waals surface area contributed by atoms with Crippen LogP contribution in [0.4, 0.5) is 0 Å². The molecule has 2 N–H and O–H groups in total. The molecule has 4 atom stereocenters. The first-order valence-electron chi connectivity index (χ1n) is 8.50. The SMILES string of the molecule is CC1C(N2CC3CC(C2)C3N)CCN1Cc1ccccc1. The van der Waals surface area contributed by atoms with Gasteiger partial charge in [0, 0.05) is 44.3 Å². The van der Waals surface area contributed by atoms with Crippen molar-refractivity contribution < 1.29 is 0 Å². The molecular formula is C18H27N3. The fraction of sp³-hybridized carbons (Fsp3) is 0.667. The number of fused-ring (bicyclic) bond motifs is 2. The van der Waals surface area contributed by atoms with Gasteiger partial charge >= 0.3 is 0 Å². The fourth-order valence-corrected chi connectivity index (χ4v) is 4.75. The summed E-state index contributed by atoms with van der Waals surface area (Å²) < 4.78 is 0. The van der Waals surface area contributed by atoms with Gasteiger partial charge in [0.2, 0.25) is 0 Å². The molecule has 3 aliphatic heterocycles. The summed E-state index contributed by atoms with van der Waals surface area (Å²) in [7, 11) is 0. The quantitative estimate of drug-likeness (QED) is 0.921. The van der Waals surface area contributed by atoms with Crippen LogP contribution in [0.3, 0.4) is 0 Å². The Kier molecular flexibility index (Phi) is 3.52. The molecule has 1 aromatic carbocycles. The first kappa shape index (κ1) is 13.7. The zero-order chi connectivity index (χ0) is 14.4. The highest BCUT2D eigenvalue weighted by molar-refractivity contribution is 5.15. The summed E-state index contributed by atoms with van der Waals surface area (Å²) in [6.07, 6.45) is 2.70. The highest BCUT2D eigenvalue weighted by Gasteiger charge is 2.47. The van der Waals surface area contributed by atoms with Gasteiger partial charge in [0.1, 0.15) is 0 Å². The van der Waals surface area contributed by atoms with Crippen molar-refractivity contribution >= 4 is 0 Å². The number of likely N-dealkylation sites (tertiary alicyclic amines) is 1. The summed E-state index contributed by atoms with van der Waals surface area (Å²) in [6, 6.07) is 12.8. The van der Waals surface area contributed by atoms with Crippen LogP contribution in [0.15, 0.2) is 30.3 Å². The second-order valence-corrected chi connectivity index (χ2v) is 7.34. The third-order valence-corrected chi connectivity index (χ3v) is 6.17. The van der Waals surface area contributed by atoms with E-state index in [4.69, 9.17) is 5.73 Å². The molecule has 4 aliphatic rings. The van der Waals surface area contributed by atoms with E-state index in [0.29, 0.717) is 12.1 Å². The molecular weight excluding hydrogens is 258 g/mol. The molecule has 21 heavy (non-hydrogen) atoms. The van der Waals surface area contributed by atoms with Crippen molar-refractivity contribution in [2.45, 2.75) is 44.4 Å². The van der Waals surface area contributed by atoms with E-state index in [1.807, 2.05) is 0 Å². The van der Waals surface area contributed by atoms with E-state index >= 15 is 0 Å². The first-order chi connectivity index (χ1) is 10.2. The number of nitrogens with zero attached hydrogens (tertiary/aromatic N) is 2. The molecule has 4 fully saturated rings. The first-order valence-corrected chi connectivity index (χ1v) is 8.50. The minimum Gasteiger partial charge on any atom is -0.327 e. The van der Waals surface area contributed by atoms with Crippen LogP contribution in [0.5, 0.6) is 0 Å². The lowest BCUT2D eigenvalue weighted by Gasteiger charge is -2.54. The zero-order valence-electron chi connectivity index (χ0n) is 13.0. The van der Waals surface area contributed by atoms with Gasteiger partial charge in [-0.25, -0.2) is 0 Å². The van der Waals surface area contributed by atoms with Crippen LogP contribution in [-0.2, 0) is 6.54 Å². The smallest absolute Gasteiger partial charge is 0.0261 e. The fourth-order valence-electron chi connectivity index (χ4n) is 4.75. The van der Waals surface area contributed by atoms with Crippen molar-refractivity contribution in [3.63, 3.8) is 0 Å². The maximum atomic E-state index is 6.22. The molecule has 5 rings (SSSR count). The van der Waals surface area contributed by atoms with Crippen LogP contribution in [0.1, 0.15) is 25.3 Å². The van der Waals surface area contributed by atoms with Gasteiger partial charge in [-0.15, -0.1) is 0 Å². The molecule has 1 aliphatic carbocycles. The normalized spacial score (nSPS) is 40.2. The second kappa shape index (κ2) is 5.38. The number of hydrogen-bond donors (Lipinski definition) is 1. The maximum Gasteiger partial charge on any atom is 0.0261 e. The molecule has 114 valence electrons. The Morgan fingerprint density at radius 3 is 2.52 bits per heavy atom. The van der Waals surface area contributed by atoms with Gasteiger partial charge in [0.25, 0.3) is 0 Å². The minimum absolute atomic E-state index is 0.499. The second-order valence-electron chi connectivity index (χ2n) is 7.34. The molecule has 3 heteroatoms. The Hall–Kier alpha value is -0.900. The Bertz CT molecular complexity index is 476. The largest absolute Gasteiger partial charge is 0.327 e. The van der Waals surface area contributed by atoms with E-state index in [0.717, 1.165) is 24.4 Å². The zero-order valence-corrected chi connectivity index (χ0v) is 13.0. The van der Waals surface area contributed by atoms with E-state index in [1.54, 1.807) is 0 Å². The Morgan fingerprint density at radius 2 is 1.86 bits per heavy atom. The molecule has 1 aromatic rings. The molecule has 3 saturated heterocycles. The topological polar surface area (TPSA) is 32.5 Å². The highest BCUT2D eigenvalue weighted by Crippen LogP contribution is 2.41. The third kappa shape index (κ3) is 2.41. The number of piperidine rings is 2. The summed E-state index contributed by atoms with van der Waals surface area (Å²) in [4.78, 5) is 5.40.